The summed E-state index contributed by atoms with van der Waals surface area (Å²) in [7, 11) is 3.34. The number of methoxy groups -OCH3 is 2. The summed E-state index contributed by atoms with van der Waals surface area (Å²) in [5, 5.41) is 0. The molecule has 2 aliphatic heterocycles. The van der Waals surface area contributed by atoms with E-state index in [2.05, 4.69) is 47.9 Å². The molecule has 6 heteroatoms. The minimum Gasteiger partial charge on any atom is -0.497 e. The highest BCUT2D eigenvalue weighted by molar-refractivity contribution is 5.75. The number of carbonyl (C=O) groups is 2. The summed E-state index contributed by atoms with van der Waals surface area (Å²) in [4.78, 5) is 26.5. The maximum atomic E-state index is 11.0. The number of benzene rings is 2. The fourth-order valence-corrected chi connectivity index (χ4v) is 4.41. The lowest BCUT2D eigenvalue weighted by Gasteiger charge is -2.27. The van der Waals surface area contributed by atoms with Crippen LogP contribution >= 0.6 is 0 Å². The van der Waals surface area contributed by atoms with E-state index in [0.717, 1.165) is 87.3 Å². The van der Waals surface area contributed by atoms with Crippen LogP contribution in [0.2, 0.25) is 0 Å². The summed E-state index contributed by atoms with van der Waals surface area (Å²) < 4.78 is 10.3. The molecule has 0 saturated carbocycles. The molecule has 0 atom stereocenters. The molecule has 4 rings (SSSR count). The maximum absolute atomic E-state index is 11.0. The molecule has 0 radical (unpaired) electrons. The molecular weight excluding hydrogens is 464 g/mol. The highest BCUT2D eigenvalue weighted by Gasteiger charge is 2.17. The topological polar surface area (TPSA) is 59.1 Å². The van der Waals surface area contributed by atoms with Gasteiger partial charge in [-0.05, 0) is 62.1 Å². The van der Waals surface area contributed by atoms with Gasteiger partial charge in [0.1, 0.15) is 24.1 Å². The van der Waals surface area contributed by atoms with Crippen LogP contribution in [0.25, 0.3) is 0 Å². The summed E-state index contributed by atoms with van der Waals surface area (Å²) in [6, 6.07) is 16.2. The monoisotopic (exact) mass is 506 g/mol. The molecule has 0 saturated heterocycles. The van der Waals surface area contributed by atoms with Crippen LogP contribution in [-0.4, -0.2) is 62.8 Å². The Balaban J connectivity index is 0.000000253. The third kappa shape index (κ3) is 8.99. The van der Waals surface area contributed by atoms with Crippen molar-refractivity contribution >= 4 is 12.6 Å². The third-order valence-electron chi connectivity index (χ3n) is 6.91. The minimum absolute atomic E-state index is 0. The molecule has 2 aliphatic rings. The van der Waals surface area contributed by atoms with Crippen molar-refractivity contribution in [3.05, 3.63) is 82.0 Å². The van der Waals surface area contributed by atoms with Gasteiger partial charge >= 0.3 is 0 Å². The van der Waals surface area contributed by atoms with Crippen LogP contribution in [0.5, 0.6) is 11.5 Å². The van der Waals surface area contributed by atoms with Gasteiger partial charge in [-0.2, -0.15) is 0 Å². The van der Waals surface area contributed by atoms with Gasteiger partial charge in [0.05, 0.1) is 14.2 Å². The highest BCUT2D eigenvalue weighted by Crippen LogP contribution is 2.20. The molecule has 0 unspecified atom stereocenters. The van der Waals surface area contributed by atoms with Gasteiger partial charge in [-0.1, -0.05) is 42.8 Å². The van der Waals surface area contributed by atoms with Crippen LogP contribution in [-0.2, 0) is 22.7 Å². The van der Waals surface area contributed by atoms with Gasteiger partial charge in [0, 0.05) is 50.4 Å². The Labute approximate surface area is 222 Å². The smallest absolute Gasteiger partial charge is 0.147 e. The molecule has 0 N–H and O–H groups in total. The zero-order valence-corrected chi connectivity index (χ0v) is 22.0. The first-order valence-corrected chi connectivity index (χ1v) is 12.4. The number of nitrogens with zero attached hydrogens (tertiary/aromatic N) is 2. The van der Waals surface area contributed by atoms with Crippen molar-refractivity contribution in [1.29, 1.82) is 0 Å². The SMILES string of the molecule is C.COc1ccc(CN2CCC(C)=C(C=O)C2)cc1.COc1ccc(CN2CCC(C)=C(C=O)C2)cc1. The zero-order valence-electron chi connectivity index (χ0n) is 22.0. The van der Waals surface area contributed by atoms with Crippen molar-refractivity contribution in [3.8, 4) is 11.5 Å². The van der Waals surface area contributed by atoms with E-state index in [9.17, 15) is 9.59 Å². The quantitative estimate of drug-likeness (QED) is 0.443. The Morgan fingerprint density at radius 1 is 0.676 bits per heavy atom. The Morgan fingerprint density at radius 2 is 1.03 bits per heavy atom. The predicted molar refractivity (Wildman–Crippen MR) is 150 cm³/mol. The fraction of sp³-hybridized carbons (Fsp3) is 0.419. The second-order valence-electron chi connectivity index (χ2n) is 9.46. The number of aldehydes is 2. The van der Waals surface area contributed by atoms with Crippen LogP contribution in [0, 0.1) is 0 Å². The summed E-state index contributed by atoms with van der Waals surface area (Å²) in [5.74, 6) is 1.75. The van der Waals surface area contributed by atoms with Crippen molar-refractivity contribution in [2.24, 2.45) is 0 Å². The van der Waals surface area contributed by atoms with E-state index in [1.165, 1.54) is 22.3 Å². The van der Waals surface area contributed by atoms with Gasteiger partial charge < -0.3 is 9.47 Å². The number of hydrogen-bond donors (Lipinski definition) is 0. The molecule has 0 amide bonds. The molecule has 0 spiro atoms. The lowest BCUT2D eigenvalue weighted by molar-refractivity contribution is -0.106. The lowest BCUT2D eigenvalue weighted by atomic mass is 10.0. The summed E-state index contributed by atoms with van der Waals surface area (Å²) in [6.07, 6.45) is 3.97. The molecular formula is C31H42N2O4. The number of hydrogen-bond acceptors (Lipinski definition) is 6. The highest BCUT2D eigenvalue weighted by atomic mass is 16.5. The second-order valence-corrected chi connectivity index (χ2v) is 9.46. The first-order valence-electron chi connectivity index (χ1n) is 12.4. The van der Waals surface area contributed by atoms with Crippen molar-refractivity contribution < 1.29 is 19.1 Å². The van der Waals surface area contributed by atoms with E-state index in [1.807, 2.05) is 24.3 Å². The molecule has 2 heterocycles. The molecule has 200 valence electrons. The zero-order chi connectivity index (χ0) is 25.9. The summed E-state index contributed by atoms with van der Waals surface area (Å²) in [6.45, 7) is 9.44. The van der Waals surface area contributed by atoms with Crippen LogP contribution in [0.15, 0.2) is 70.8 Å². The van der Waals surface area contributed by atoms with Crippen LogP contribution in [0.1, 0.15) is 45.2 Å². The van der Waals surface area contributed by atoms with Crippen LogP contribution in [0.4, 0.5) is 0 Å². The maximum Gasteiger partial charge on any atom is 0.147 e. The van der Waals surface area contributed by atoms with Crippen molar-refractivity contribution in [2.45, 2.75) is 47.2 Å². The van der Waals surface area contributed by atoms with Gasteiger partial charge in [-0.3, -0.25) is 19.4 Å². The number of carbonyl (C=O) groups excluding carboxylic acids is 2. The number of rotatable bonds is 8. The van der Waals surface area contributed by atoms with E-state index in [1.54, 1.807) is 14.2 Å². The second kappa shape index (κ2) is 15.1. The lowest BCUT2D eigenvalue weighted by Crippen LogP contribution is -2.31. The van der Waals surface area contributed by atoms with E-state index in [0.29, 0.717) is 0 Å². The number of ether oxygens (including phenoxy) is 2. The molecule has 0 aliphatic carbocycles. The summed E-state index contributed by atoms with van der Waals surface area (Å²) >= 11 is 0. The predicted octanol–water partition coefficient (Wildman–Crippen LogP) is 5.47. The van der Waals surface area contributed by atoms with Crippen molar-refractivity contribution in [3.63, 3.8) is 0 Å². The average molecular weight is 507 g/mol. The Hall–Kier alpha value is -3.22. The van der Waals surface area contributed by atoms with E-state index >= 15 is 0 Å². The third-order valence-corrected chi connectivity index (χ3v) is 6.91. The van der Waals surface area contributed by atoms with Crippen LogP contribution in [0.3, 0.4) is 0 Å². The van der Waals surface area contributed by atoms with Crippen molar-refractivity contribution in [1.82, 2.24) is 9.80 Å². The largest absolute Gasteiger partial charge is 0.497 e. The Morgan fingerprint density at radius 3 is 1.32 bits per heavy atom. The van der Waals surface area contributed by atoms with Crippen LogP contribution < -0.4 is 9.47 Å². The van der Waals surface area contributed by atoms with E-state index in [-0.39, 0.29) is 7.43 Å². The Kier molecular flexibility index (Phi) is 12.3. The van der Waals surface area contributed by atoms with E-state index < -0.39 is 0 Å². The molecule has 37 heavy (non-hydrogen) atoms. The standard InChI is InChI=1S/2C15H19NO2.CH4/c2*1-12-7-8-16(10-14(12)11-17)9-13-3-5-15(18-2)6-4-13;/h2*3-6,11H,7-10H2,1-2H3;1H4. The van der Waals surface area contributed by atoms with Gasteiger partial charge in [0.15, 0.2) is 0 Å². The van der Waals surface area contributed by atoms with Gasteiger partial charge in [-0.15, -0.1) is 0 Å². The van der Waals surface area contributed by atoms with Gasteiger partial charge in [0.25, 0.3) is 0 Å². The molecule has 2 aromatic carbocycles. The molecule has 0 bridgehead atoms. The van der Waals surface area contributed by atoms with Gasteiger partial charge in [-0.25, -0.2) is 0 Å². The normalized spacial score (nSPS) is 16.3. The molecule has 2 aromatic rings. The Bertz CT molecular complexity index is 984. The first-order chi connectivity index (χ1) is 17.4. The first kappa shape index (κ1) is 30.0. The summed E-state index contributed by atoms with van der Waals surface area (Å²) in [5.41, 5.74) is 6.85. The molecule has 6 nitrogen and oxygen atoms in total. The fourth-order valence-electron chi connectivity index (χ4n) is 4.41. The van der Waals surface area contributed by atoms with Crippen molar-refractivity contribution in [2.75, 3.05) is 40.4 Å². The minimum atomic E-state index is 0. The van der Waals surface area contributed by atoms with Gasteiger partial charge in [0.2, 0.25) is 0 Å². The van der Waals surface area contributed by atoms with E-state index in [4.69, 9.17) is 9.47 Å². The molecule has 0 fully saturated rings. The molecule has 0 aromatic heterocycles. The average Bonchev–Trinajstić information content (AvgIpc) is 2.92.